The van der Waals surface area contributed by atoms with Crippen molar-refractivity contribution >= 4 is 58.5 Å². The summed E-state index contributed by atoms with van der Waals surface area (Å²) < 4.78 is 5.52. The van der Waals surface area contributed by atoms with Crippen LogP contribution in [-0.2, 0) is 9.59 Å². The predicted molar refractivity (Wildman–Crippen MR) is 190 cm³/mol. The lowest BCUT2D eigenvalue weighted by Crippen LogP contribution is -2.30. The van der Waals surface area contributed by atoms with E-state index in [2.05, 4.69) is 16.0 Å². The molecule has 9 heteroatoms. The van der Waals surface area contributed by atoms with Crippen LogP contribution >= 0.6 is 23.4 Å². The van der Waals surface area contributed by atoms with Crippen LogP contribution < -0.4 is 20.7 Å². The molecule has 0 radical (unpaired) electrons. The Balaban J connectivity index is 1.33. The molecule has 0 bridgehead atoms. The Morgan fingerprint density at radius 2 is 1.40 bits per heavy atom. The lowest BCUT2D eigenvalue weighted by atomic mass is 10.1. The molecule has 0 spiro atoms. The van der Waals surface area contributed by atoms with Gasteiger partial charge >= 0.3 is 0 Å². The van der Waals surface area contributed by atoms with Crippen LogP contribution in [0.25, 0.3) is 6.08 Å². The molecule has 0 fully saturated rings. The summed E-state index contributed by atoms with van der Waals surface area (Å²) in [6.45, 7) is 2.44. The van der Waals surface area contributed by atoms with Gasteiger partial charge in [-0.1, -0.05) is 84.4 Å². The van der Waals surface area contributed by atoms with Crippen molar-refractivity contribution in [1.29, 1.82) is 0 Å². The Morgan fingerprint density at radius 1 is 0.766 bits per heavy atom. The van der Waals surface area contributed by atoms with Crippen molar-refractivity contribution < 1.29 is 19.1 Å². The molecular formula is C38H32ClN3O4S. The van der Waals surface area contributed by atoms with Crippen molar-refractivity contribution in [3.8, 4) is 5.75 Å². The minimum Gasteiger partial charge on any atom is -0.494 e. The number of amides is 3. The van der Waals surface area contributed by atoms with E-state index in [1.165, 1.54) is 11.8 Å². The van der Waals surface area contributed by atoms with Gasteiger partial charge in [-0.3, -0.25) is 14.4 Å². The first-order valence-electron chi connectivity index (χ1n) is 14.9. The third kappa shape index (κ3) is 9.36. The Morgan fingerprint density at radius 3 is 2.06 bits per heavy atom. The molecule has 3 amide bonds. The van der Waals surface area contributed by atoms with E-state index in [4.69, 9.17) is 16.3 Å². The number of carbonyl (C=O) groups excluding carboxylic acids is 3. The molecule has 1 atom stereocenters. The number of para-hydroxylation sites is 1. The Kier molecular flexibility index (Phi) is 11.5. The van der Waals surface area contributed by atoms with Gasteiger partial charge in [0.2, 0.25) is 5.91 Å². The van der Waals surface area contributed by atoms with Gasteiger partial charge in [-0.15, -0.1) is 11.8 Å². The molecule has 0 aliphatic rings. The lowest BCUT2D eigenvalue weighted by Gasteiger charge is -2.18. The number of nitrogens with one attached hydrogen (secondary N) is 3. The van der Waals surface area contributed by atoms with Crippen molar-refractivity contribution in [3.05, 3.63) is 161 Å². The number of hydrogen-bond acceptors (Lipinski definition) is 5. The molecule has 5 rings (SSSR count). The summed E-state index contributed by atoms with van der Waals surface area (Å²) in [5, 5.41) is 8.46. The fraction of sp³-hybridized carbons (Fsp3) is 0.0789. The summed E-state index contributed by atoms with van der Waals surface area (Å²) in [6, 6.07) is 39.6. The van der Waals surface area contributed by atoms with Gasteiger partial charge in [0.1, 0.15) is 16.7 Å². The summed E-state index contributed by atoms with van der Waals surface area (Å²) in [7, 11) is 0. The number of carbonyl (C=O) groups is 3. The van der Waals surface area contributed by atoms with Crippen molar-refractivity contribution in [2.45, 2.75) is 17.1 Å². The SMILES string of the molecule is CCOc1ccc(/C=C(\NC(=O)c2ccccc2)C(=O)Nc2ccc(SC(C(=O)Nc3ccccc3Cl)c3ccccc3)cc2)cc1. The number of thioether (sulfide) groups is 1. The highest BCUT2D eigenvalue weighted by Gasteiger charge is 2.23. The van der Waals surface area contributed by atoms with E-state index < -0.39 is 17.1 Å². The number of anilines is 2. The van der Waals surface area contributed by atoms with Crippen LogP contribution in [0.5, 0.6) is 5.75 Å². The van der Waals surface area contributed by atoms with E-state index in [1.807, 2.05) is 73.7 Å². The fourth-order valence-electron chi connectivity index (χ4n) is 4.55. The van der Waals surface area contributed by atoms with Gasteiger partial charge in [0.15, 0.2) is 0 Å². The molecule has 236 valence electrons. The molecule has 7 nitrogen and oxygen atoms in total. The maximum Gasteiger partial charge on any atom is 0.272 e. The first-order chi connectivity index (χ1) is 22.9. The highest BCUT2D eigenvalue weighted by Crippen LogP contribution is 2.37. The van der Waals surface area contributed by atoms with Gasteiger partial charge in [0.05, 0.1) is 17.3 Å². The Labute approximate surface area is 283 Å². The fourth-order valence-corrected chi connectivity index (χ4v) is 5.76. The Hall–Kier alpha value is -5.31. The molecule has 5 aromatic carbocycles. The summed E-state index contributed by atoms with van der Waals surface area (Å²) in [4.78, 5) is 40.8. The minimum absolute atomic E-state index is 0.0712. The van der Waals surface area contributed by atoms with Crippen LogP contribution in [-0.4, -0.2) is 24.3 Å². The van der Waals surface area contributed by atoms with Gasteiger partial charge in [0, 0.05) is 16.1 Å². The number of hydrogen-bond donors (Lipinski definition) is 3. The normalized spacial score (nSPS) is 11.7. The molecular weight excluding hydrogens is 630 g/mol. The average molecular weight is 662 g/mol. The van der Waals surface area contributed by atoms with Crippen LogP contribution in [0, 0.1) is 0 Å². The van der Waals surface area contributed by atoms with Gasteiger partial charge < -0.3 is 20.7 Å². The smallest absolute Gasteiger partial charge is 0.272 e. The minimum atomic E-state index is -0.565. The molecule has 0 heterocycles. The predicted octanol–water partition coefficient (Wildman–Crippen LogP) is 8.62. The second-order valence-electron chi connectivity index (χ2n) is 10.2. The lowest BCUT2D eigenvalue weighted by molar-refractivity contribution is -0.116. The van der Waals surface area contributed by atoms with Crippen LogP contribution in [0.3, 0.4) is 0 Å². The number of halogens is 1. The van der Waals surface area contributed by atoms with Crippen LogP contribution in [0.2, 0.25) is 5.02 Å². The zero-order valence-electron chi connectivity index (χ0n) is 25.5. The molecule has 0 aromatic heterocycles. The first kappa shape index (κ1) is 33.1. The van der Waals surface area contributed by atoms with Crippen molar-refractivity contribution in [2.24, 2.45) is 0 Å². The van der Waals surface area contributed by atoms with E-state index in [9.17, 15) is 14.4 Å². The van der Waals surface area contributed by atoms with Gasteiger partial charge in [0.25, 0.3) is 11.8 Å². The van der Waals surface area contributed by atoms with E-state index >= 15 is 0 Å². The van der Waals surface area contributed by atoms with Crippen LogP contribution in [0.1, 0.15) is 33.7 Å². The van der Waals surface area contributed by atoms with Gasteiger partial charge in [-0.25, -0.2) is 0 Å². The monoisotopic (exact) mass is 661 g/mol. The van der Waals surface area contributed by atoms with Crippen molar-refractivity contribution in [3.63, 3.8) is 0 Å². The maximum atomic E-state index is 13.5. The van der Waals surface area contributed by atoms with Gasteiger partial charge in [-0.05, 0) is 84.8 Å². The van der Waals surface area contributed by atoms with E-state index in [1.54, 1.807) is 72.8 Å². The maximum absolute atomic E-state index is 13.5. The van der Waals surface area contributed by atoms with E-state index in [0.717, 1.165) is 10.5 Å². The number of rotatable bonds is 12. The summed E-state index contributed by atoms with van der Waals surface area (Å²) in [5.41, 5.74) is 3.08. The number of ether oxygens (including phenoxy) is 1. The van der Waals surface area contributed by atoms with Crippen LogP contribution in [0.4, 0.5) is 11.4 Å². The number of benzene rings is 5. The molecule has 47 heavy (non-hydrogen) atoms. The Bertz CT molecular complexity index is 1850. The van der Waals surface area contributed by atoms with E-state index in [-0.39, 0.29) is 11.6 Å². The quantitative estimate of drug-likeness (QED) is 0.0919. The molecule has 1 unspecified atom stereocenters. The third-order valence-electron chi connectivity index (χ3n) is 6.87. The second kappa shape index (κ2) is 16.3. The first-order valence-corrected chi connectivity index (χ1v) is 16.1. The molecule has 0 aliphatic heterocycles. The largest absolute Gasteiger partial charge is 0.494 e. The topological polar surface area (TPSA) is 96.5 Å². The highest BCUT2D eigenvalue weighted by molar-refractivity contribution is 8.00. The highest BCUT2D eigenvalue weighted by atomic mass is 35.5. The summed E-state index contributed by atoms with van der Waals surface area (Å²) in [5.74, 6) is -0.417. The van der Waals surface area contributed by atoms with E-state index in [0.29, 0.717) is 39.9 Å². The third-order valence-corrected chi connectivity index (χ3v) is 8.47. The molecule has 0 saturated carbocycles. The van der Waals surface area contributed by atoms with Crippen molar-refractivity contribution in [1.82, 2.24) is 5.32 Å². The molecule has 0 aliphatic carbocycles. The average Bonchev–Trinajstić information content (AvgIpc) is 3.10. The van der Waals surface area contributed by atoms with Gasteiger partial charge in [-0.2, -0.15) is 0 Å². The molecule has 0 saturated heterocycles. The van der Waals surface area contributed by atoms with Crippen LogP contribution in [0.15, 0.2) is 144 Å². The molecule has 3 N–H and O–H groups in total. The zero-order valence-corrected chi connectivity index (χ0v) is 27.1. The molecule has 5 aromatic rings. The summed E-state index contributed by atoms with van der Waals surface area (Å²) >= 11 is 7.67. The summed E-state index contributed by atoms with van der Waals surface area (Å²) in [6.07, 6.45) is 1.61. The zero-order chi connectivity index (χ0) is 33.0. The standard InChI is InChI=1S/C38H32ClN3O4S/c1-2-46-30-21-17-26(18-22-30)25-34(42-36(43)28-13-7-4-8-14-28)37(44)40-29-19-23-31(24-20-29)47-35(27-11-5-3-6-12-27)38(45)41-33-16-10-9-15-32(33)39/h3-25,35H,2H2,1H3,(H,40,44)(H,41,45)(H,42,43)/b34-25-. The second-order valence-corrected chi connectivity index (χ2v) is 11.8. The van der Waals surface area contributed by atoms with Crippen molar-refractivity contribution in [2.75, 3.05) is 17.2 Å².